The van der Waals surface area contributed by atoms with Crippen molar-refractivity contribution in [2.24, 2.45) is 5.10 Å². The summed E-state index contributed by atoms with van der Waals surface area (Å²) < 4.78 is 6.51. The van der Waals surface area contributed by atoms with Crippen molar-refractivity contribution in [1.29, 1.82) is 0 Å². The Hall–Kier alpha value is -3.22. The van der Waals surface area contributed by atoms with Gasteiger partial charge in [0, 0.05) is 50.4 Å². The Morgan fingerprint density at radius 3 is 2.69 bits per heavy atom. The van der Waals surface area contributed by atoms with Gasteiger partial charge in [-0.2, -0.15) is 5.10 Å². The van der Waals surface area contributed by atoms with Crippen LogP contribution >= 0.6 is 0 Å². The molecule has 0 saturated carbocycles. The summed E-state index contributed by atoms with van der Waals surface area (Å²) in [5.41, 5.74) is 1.69. The average molecular weight is 393 g/mol. The van der Waals surface area contributed by atoms with Gasteiger partial charge in [-0.25, -0.2) is 5.01 Å². The van der Waals surface area contributed by atoms with E-state index in [4.69, 9.17) is 9.84 Å². The Kier molecular flexibility index (Phi) is 3.94. The second-order valence-corrected chi connectivity index (χ2v) is 7.90. The molecular weight excluding hydrogens is 370 g/mol. The Morgan fingerprint density at radius 2 is 1.93 bits per heavy atom. The number of fused-ring (bicyclic) bond motifs is 4. The van der Waals surface area contributed by atoms with Crippen molar-refractivity contribution in [2.75, 3.05) is 13.1 Å². The van der Waals surface area contributed by atoms with Gasteiger partial charge in [-0.05, 0) is 24.3 Å². The maximum absolute atomic E-state index is 11.8. The minimum absolute atomic E-state index is 0.0134. The number of phenolic OH excluding ortho intramolecular Hbond substituents is 2. The number of phenols is 2. The number of hydrazone groups is 1. The van der Waals surface area contributed by atoms with Crippen molar-refractivity contribution in [2.45, 2.75) is 38.0 Å². The third-order valence-electron chi connectivity index (χ3n) is 6.19. The van der Waals surface area contributed by atoms with Crippen LogP contribution in [0.3, 0.4) is 0 Å². The molecule has 0 aliphatic carbocycles. The third kappa shape index (κ3) is 2.80. The first kappa shape index (κ1) is 17.8. The second-order valence-electron chi connectivity index (χ2n) is 7.90. The van der Waals surface area contributed by atoms with Crippen molar-refractivity contribution in [1.82, 2.24) is 9.91 Å². The van der Waals surface area contributed by atoms with Crippen LogP contribution in [0.15, 0.2) is 47.6 Å². The SMILES string of the molecule is CC(=O)N1CCC2(CC1)Oc1ccccc1[C@@H]1CC(c3cc(O)ccc3O)=NN12. The van der Waals surface area contributed by atoms with E-state index in [1.165, 1.54) is 12.1 Å². The Labute approximate surface area is 168 Å². The van der Waals surface area contributed by atoms with Gasteiger partial charge in [-0.15, -0.1) is 0 Å². The standard InChI is InChI=1S/C22H23N3O4/c1-14(26)24-10-8-22(9-11-24)25-19(16-4-2-3-5-21(16)29-22)13-18(23-25)17-12-15(27)6-7-20(17)28/h2-7,12,19,27-28H,8-11,13H2,1H3/t19-/m0/s1. The average Bonchev–Trinajstić information content (AvgIpc) is 3.17. The molecule has 1 fully saturated rings. The molecule has 7 heteroatoms. The zero-order valence-electron chi connectivity index (χ0n) is 16.2. The van der Waals surface area contributed by atoms with Gasteiger partial charge in [0.05, 0.1) is 11.8 Å². The van der Waals surface area contributed by atoms with Crippen molar-refractivity contribution in [3.05, 3.63) is 53.6 Å². The van der Waals surface area contributed by atoms with E-state index >= 15 is 0 Å². The molecule has 2 aromatic rings. The van der Waals surface area contributed by atoms with Crippen LogP contribution in [-0.4, -0.2) is 50.6 Å². The molecular formula is C22H23N3O4. The van der Waals surface area contributed by atoms with Crippen LogP contribution in [0.25, 0.3) is 0 Å². The van der Waals surface area contributed by atoms with Crippen LogP contribution in [0.4, 0.5) is 0 Å². The molecule has 1 atom stereocenters. The highest BCUT2D eigenvalue weighted by atomic mass is 16.5. The van der Waals surface area contributed by atoms with Crippen LogP contribution in [0, 0.1) is 0 Å². The predicted octanol–water partition coefficient (Wildman–Crippen LogP) is 2.98. The molecule has 1 spiro atoms. The first-order valence-corrected chi connectivity index (χ1v) is 9.89. The number of ether oxygens (including phenoxy) is 1. The highest BCUT2D eigenvalue weighted by Gasteiger charge is 2.52. The Morgan fingerprint density at radius 1 is 1.17 bits per heavy atom. The quantitative estimate of drug-likeness (QED) is 0.728. The molecule has 3 aliphatic rings. The number of rotatable bonds is 1. The van der Waals surface area contributed by atoms with Crippen LogP contribution in [-0.2, 0) is 4.79 Å². The van der Waals surface area contributed by atoms with Gasteiger partial charge in [0.25, 0.3) is 0 Å². The number of piperidine rings is 1. The number of amides is 1. The number of benzene rings is 2. The van der Waals surface area contributed by atoms with Crippen molar-refractivity contribution in [3.8, 4) is 17.2 Å². The number of carbonyl (C=O) groups excluding carboxylic acids is 1. The largest absolute Gasteiger partial charge is 0.508 e. The summed E-state index contributed by atoms with van der Waals surface area (Å²) in [6, 6.07) is 12.5. The van der Waals surface area contributed by atoms with Gasteiger partial charge in [0.15, 0.2) is 0 Å². The summed E-state index contributed by atoms with van der Waals surface area (Å²) in [6.45, 7) is 2.82. The van der Waals surface area contributed by atoms with Gasteiger partial charge < -0.3 is 19.8 Å². The summed E-state index contributed by atoms with van der Waals surface area (Å²) in [5.74, 6) is 1.10. The van der Waals surface area contributed by atoms with Crippen molar-refractivity contribution < 1.29 is 19.7 Å². The number of aromatic hydroxyl groups is 2. The predicted molar refractivity (Wildman–Crippen MR) is 107 cm³/mol. The topological polar surface area (TPSA) is 85.6 Å². The first-order chi connectivity index (χ1) is 14.0. The van der Waals surface area contributed by atoms with Gasteiger partial charge in [0.1, 0.15) is 17.2 Å². The maximum Gasteiger partial charge on any atom is 0.219 e. The highest BCUT2D eigenvalue weighted by molar-refractivity contribution is 6.04. The molecule has 5 rings (SSSR count). The summed E-state index contributed by atoms with van der Waals surface area (Å²) in [6.07, 6.45) is 1.91. The van der Waals surface area contributed by atoms with E-state index in [2.05, 4.69) is 0 Å². The fourth-order valence-electron chi connectivity index (χ4n) is 4.65. The van der Waals surface area contributed by atoms with E-state index in [9.17, 15) is 15.0 Å². The number of hydrogen-bond donors (Lipinski definition) is 2. The Balaban J connectivity index is 1.56. The molecule has 1 amide bonds. The van der Waals surface area contributed by atoms with Gasteiger partial charge in [0.2, 0.25) is 11.6 Å². The van der Waals surface area contributed by atoms with E-state index in [-0.39, 0.29) is 23.4 Å². The molecule has 3 heterocycles. The zero-order valence-corrected chi connectivity index (χ0v) is 16.2. The second kappa shape index (κ2) is 6.40. The molecule has 0 aromatic heterocycles. The van der Waals surface area contributed by atoms with Crippen LogP contribution in [0.2, 0.25) is 0 Å². The minimum atomic E-state index is -0.626. The van der Waals surface area contributed by atoms with Gasteiger partial charge >= 0.3 is 0 Å². The molecule has 0 unspecified atom stereocenters. The molecule has 2 aromatic carbocycles. The number of likely N-dealkylation sites (tertiary alicyclic amines) is 1. The van der Waals surface area contributed by atoms with Crippen molar-refractivity contribution in [3.63, 3.8) is 0 Å². The molecule has 3 aliphatic heterocycles. The monoisotopic (exact) mass is 393 g/mol. The van der Waals surface area contributed by atoms with E-state index < -0.39 is 5.72 Å². The summed E-state index contributed by atoms with van der Waals surface area (Å²) in [7, 11) is 0. The molecule has 0 bridgehead atoms. The summed E-state index contributed by atoms with van der Waals surface area (Å²) in [4.78, 5) is 13.6. The lowest BCUT2D eigenvalue weighted by molar-refractivity contribution is -0.158. The van der Waals surface area contributed by atoms with Crippen LogP contribution in [0.5, 0.6) is 17.2 Å². The molecule has 0 radical (unpaired) electrons. The maximum atomic E-state index is 11.8. The van der Waals surface area contributed by atoms with Gasteiger partial charge in [-0.3, -0.25) is 4.79 Å². The zero-order chi connectivity index (χ0) is 20.2. The normalized spacial score (nSPS) is 22.0. The van der Waals surface area contributed by atoms with E-state index in [0.29, 0.717) is 37.9 Å². The van der Waals surface area contributed by atoms with E-state index in [1.54, 1.807) is 13.0 Å². The smallest absolute Gasteiger partial charge is 0.219 e. The molecule has 29 heavy (non-hydrogen) atoms. The lowest BCUT2D eigenvalue weighted by Gasteiger charge is -2.51. The summed E-state index contributed by atoms with van der Waals surface area (Å²) >= 11 is 0. The molecule has 150 valence electrons. The van der Waals surface area contributed by atoms with Gasteiger partial charge in [-0.1, -0.05) is 18.2 Å². The fourth-order valence-corrected chi connectivity index (χ4v) is 4.65. The van der Waals surface area contributed by atoms with Crippen LogP contribution in [0.1, 0.15) is 43.4 Å². The molecule has 7 nitrogen and oxygen atoms in total. The number of carbonyl (C=O) groups is 1. The minimum Gasteiger partial charge on any atom is -0.508 e. The van der Waals surface area contributed by atoms with E-state index in [0.717, 1.165) is 17.0 Å². The number of nitrogens with zero attached hydrogens (tertiary/aromatic N) is 3. The number of para-hydroxylation sites is 1. The van der Waals surface area contributed by atoms with E-state index in [1.807, 2.05) is 34.2 Å². The summed E-state index contributed by atoms with van der Waals surface area (Å²) in [5, 5.41) is 27.1. The van der Waals surface area contributed by atoms with Crippen LogP contribution < -0.4 is 4.74 Å². The first-order valence-electron chi connectivity index (χ1n) is 9.89. The lowest BCUT2D eigenvalue weighted by Crippen LogP contribution is -2.59. The highest BCUT2D eigenvalue weighted by Crippen LogP contribution is 2.50. The number of hydrogen-bond acceptors (Lipinski definition) is 6. The molecule has 1 saturated heterocycles. The third-order valence-corrected chi connectivity index (χ3v) is 6.19. The Bertz CT molecular complexity index is 1010. The molecule has 2 N–H and O–H groups in total. The fraction of sp³-hybridized carbons (Fsp3) is 0.364. The lowest BCUT2D eigenvalue weighted by atomic mass is 9.90. The van der Waals surface area contributed by atoms with Crippen molar-refractivity contribution >= 4 is 11.6 Å².